The van der Waals surface area contributed by atoms with Crippen molar-refractivity contribution in [3.63, 3.8) is 0 Å². The molecule has 0 unspecified atom stereocenters. The molecule has 3 N–H and O–H groups in total. The van der Waals surface area contributed by atoms with Gasteiger partial charge in [-0.1, -0.05) is 0 Å². The SMILES string of the molecule is O=C(CNC(=O)C1CNC1)NCc1ncccc1F. The molecule has 0 atom stereocenters. The summed E-state index contributed by atoms with van der Waals surface area (Å²) in [4.78, 5) is 26.7. The van der Waals surface area contributed by atoms with Crippen LogP contribution in [0.4, 0.5) is 4.39 Å². The van der Waals surface area contributed by atoms with E-state index < -0.39 is 5.82 Å². The van der Waals surface area contributed by atoms with Crippen LogP contribution in [0.1, 0.15) is 5.69 Å². The Labute approximate surface area is 109 Å². The van der Waals surface area contributed by atoms with Gasteiger partial charge in [0.1, 0.15) is 5.82 Å². The van der Waals surface area contributed by atoms with E-state index in [1.54, 1.807) is 0 Å². The molecule has 0 spiro atoms. The Balaban J connectivity index is 1.70. The fourth-order valence-electron chi connectivity index (χ4n) is 1.58. The second-order valence-electron chi connectivity index (χ2n) is 4.28. The quantitative estimate of drug-likeness (QED) is 0.650. The second-order valence-corrected chi connectivity index (χ2v) is 4.28. The average Bonchev–Trinajstić information content (AvgIpc) is 2.33. The highest BCUT2D eigenvalue weighted by Gasteiger charge is 2.24. The summed E-state index contributed by atoms with van der Waals surface area (Å²) in [5.74, 6) is -1.03. The highest BCUT2D eigenvalue weighted by molar-refractivity contribution is 5.86. The van der Waals surface area contributed by atoms with Crippen LogP contribution in [-0.4, -0.2) is 36.4 Å². The van der Waals surface area contributed by atoms with Crippen LogP contribution >= 0.6 is 0 Å². The zero-order valence-electron chi connectivity index (χ0n) is 10.3. The molecule has 102 valence electrons. The van der Waals surface area contributed by atoms with Crippen molar-refractivity contribution in [3.8, 4) is 0 Å². The third-order valence-electron chi connectivity index (χ3n) is 2.86. The first kappa shape index (κ1) is 13.4. The molecule has 0 aliphatic carbocycles. The van der Waals surface area contributed by atoms with E-state index in [-0.39, 0.29) is 36.5 Å². The number of carbonyl (C=O) groups is 2. The standard InChI is InChI=1S/C12H15FN4O2/c13-9-2-1-3-15-10(9)6-16-11(18)7-17-12(19)8-4-14-5-8/h1-3,8,14H,4-7H2,(H,16,18)(H,17,19). The molecule has 7 heteroatoms. The summed E-state index contributed by atoms with van der Waals surface area (Å²) in [7, 11) is 0. The first-order chi connectivity index (χ1) is 9.16. The molecule has 1 aliphatic heterocycles. The molecule has 1 fully saturated rings. The molecule has 0 radical (unpaired) electrons. The number of pyridine rings is 1. The molecule has 0 aromatic carbocycles. The Morgan fingerprint density at radius 1 is 1.42 bits per heavy atom. The lowest BCUT2D eigenvalue weighted by Gasteiger charge is -2.25. The van der Waals surface area contributed by atoms with E-state index in [1.165, 1.54) is 18.3 Å². The molecule has 0 bridgehead atoms. The Hall–Kier alpha value is -2.02. The molecule has 1 aliphatic rings. The van der Waals surface area contributed by atoms with Gasteiger partial charge >= 0.3 is 0 Å². The van der Waals surface area contributed by atoms with Gasteiger partial charge in [-0.2, -0.15) is 0 Å². The van der Waals surface area contributed by atoms with Gasteiger partial charge < -0.3 is 16.0 Å². The van der Waals surface area contributed by atoms with Crippen LogP contribution in [0, 0.1) is 11.7 Å². The second kappa shape index (κ2) is 6.24. The molecule has 1 saturated heterocycles. The summed E-state index contributed by atoms with van der Waals surface area (Å²) in [6.45, 7) is 1.19. The lowest BCUT2D eigenvalue weighted by Crippen LogP contribution is -2.52. The van der Waals surface area contributed by atoms with Crippen LogP contribution in [0.2, 0.25) is 0 Å². The van der Waals surface area contributed by atoms with E-state index in [4.69, 9.17) is 0 Å². The Morgan fingerprint density at radius 3 is 2.84 bits per heavy atom. The molecule has 1 aromatic rings. The smallest absolute Gasteiger partial charge is 0.239 e. The minimum atomic E-state index is -0.465. The van der Waals surface area contributed by atoms with E-state index in [0.717, 1.165) is 0 Å². The lowest BCUT2D eigenvalue weighted by atomic mass is 10.0. The number of aromatic nitrogens is 1. The van der Waals surface area contributed by atoms with Gasteiger partial charge in [-0.05, 0) is 12.1 Å². The summed E-state index contributed by atoms with van der Waals surface area (Å²) in [5.41, 5.74) is 0.172. The van der Waals surface area contributed by atoms with Gasteiger partial charge in [0.2, 0.25) is 11.8 Å². The van der Waals surface area contributed by atoms with Gasteiger partial charge in [-0.15, -0.1) is 0 Å². The van der Waals surface area contributed by atoms with E-state index in [2.05, 4.69) is 20.9 Å². The number of rotatable bonds is 5. The van der Waals surface area contributed by atoms with E-state index >= 15 is 0 Å². The zero-order valence-corrected chi connectivity index (χ0v) is 10.3. The van der Waals surface area contributed by atoms with E-state index in [9.17, 15) is 14.0 Å². The predicted molar refractivity (Wildman–Crippen MR) is 65.4 cm³/mol. The molecule has 2 rings (SSSR count). The molecular formula is C12H15FN4O2. The van der Waals surface area contributed by atoms with E-state index in [1.807, 2.05) is 0 Å². The number of nitrogens with one attached hydrogen (secondary N) is 3. The van der Waals surface area contributed by atoms with Crippen molar-refractivity contribution in [1.29, 1.82) is 0 Å². The lowest BCUT2D eigenvalue weighted by molar-refractivity contribution is -0.129. The maximum atomic E-state index is 13.2. The Morgan fingerprint density at radius 2 is 2.21 bits per heavy atom. The Kier molecular flexibility index (Phi) is 4.40. The fourth-order valence-corrected chi connectivity index (χ4v) is 1.58. The summed E-state index contributed by atoms with van der Waals surface area (Å²) < 4.78 is 13.2. The van der Waals surface area contributed by atoms with E-state index in [0.29, 0.717) is 13.1 Å². The summed E-state index contributed by atoms with van der Waals surface area (Å²) in [6, 6.07) is 2.76. The minimum absolute atomic E-state index is 0.00631. The maximum Gasteiger partial charge on any atom is 0.239 e. The molecular weight excluding hydrogens is 251 g/mol. The number of amides is 2. The van der Waals surface area contributed by atoms with Gasteiger partial charge in [0.15, 0.2) is 0 Å². The zero-order chi connectivity index (χ0) is 13.7. The van der Waals surface area contributed by atoms with Crippen molar-refractivity contribution < 1.29 is 14.0 Å². The molecule has 1 aromatic heterocycles. The normalized spacial score (nSPS) is 14.6. The monoisotopic (exact) mass is 266 g/mol. The average molecular weight is 266 g/mol. The van der Waals surface area contributed by atoms with Crippen LogP contribution in [-0.2, 0) is 16.1 Å². The predicted octanol–water partition coefficient (Wildman–Crippen LogP) is -0.827. The molecule has 2 amide bonds. The van der Waals surface area contributed by atoms with Crippen molar-refractivity contribution in [2.45, 2.75) is 6.54 Å². The largest absolute Gasteiger partial charge is 0.349 e. The van der Waals surface area contributed by atoms with Gasteiger partial charge in [0.05, 0.1) is 24.7 Å². The number of hydrogen-bond donors (Lipinski definition) is 3. The third-order valence-corrected chi connectivity index (χ3v) is 2.86. The highest BCUT2D eigenvalue weighted by Crippen LogP contribution is 2.02. The summed E-state index contributed by atoms with van der Waals surface area (Å²) in [6.07, 6.45) is 1.45. The first-order valence-corrected chi connectivity index (χ1v) is 6.01. The number of halogens is 1. The molecule has 0 saturated carbocycles. The van der Waals surface area contributed by atoms with Crippen LogP contribution in [0.5, 0.6) is 0 Å². The number of nitrogens with zero attached hydrogens (tertiary/aromatic N) is 1. The molecule has 2 heterocycles. The van der Waals surface area contributed by atoms with Gasteiger partial charge in [0.25, 0.3) is 0 Å². The van der Waals surface area contributed by atoms with Gasteiger partial charge in [-0.25, -0.2) is 4.39 Å². The maximum absolute atomic E-state index is 13.2. The van der Waals surface area contributed by atoms with Crippen LogP contribution in [0.3, 0.4) is 0 Å². The number of carbonyl (C=O) groups excluding carboxylic acids is 2. The van der Waals surface area contributed by atoms with Crippen molar-refractivity contribution >= 4 is 11.8 Å². The summed E-state index contributed by atoms with van der Waals surface area (Å²) >= 11 is 0. The van der Waals surface area contributed by atoms with Crippen LogP contribution < -0.4 is 16.0 Å². The number of hydrogen-bond acceptors (Lipinski definition) is 4. The topological polar surface area (TPSA) is 83.1 Å². The van der Waals surface area contributed by atoms with Gasteiger partial charge in [0, 0.05) is 19.3 Å². The van der Waals surface area contributed by atoms with Crippen LogP contribution in [0.15, 0.2) is 18.3 Å². The fraction of sp³-hybridized carbons (Fsp3) is 0.417. The van der Waals surface area contributed by atoms with Crippen molar-refractivity contribution in [1.82, 2.24) is 20.9 Å². The minimum Gasteiger partial charge on any atom is -0.349 e. The van der Waals surface area contributed by atoms with Crippen molar-refractivity contribution in [2.24, 2.45) is 5.92 Å². The van der Waals surface area contributed by atoms with Crippen molar-refractivity contribution in [2.75, 3.05) is 19.6 Å². The third kappa shape index (κ3) is 3.72. The Bertz CT molecular complexity index is 477. The molecule has 19 heavy (non-hydrogen) atoms. The molecule has 6 nitrogen and oxygen atoms in total. The first-order valence-electron chi connectivity index (χ1n) is 6.01. The van der Waals surface area contributed by atoms with Crippen LogP contribution in [0.25, 0.3) is 0 Å². The highest BCUT2D eigenvalue weighted by atomic mass is 19.1. The van der Waals surface area contributed by atoms with Gasteiger partial charge in [-0.3, -0.25) is 14.6 Å². The summed E-state index contributed by atoms with van der Waals surface area (Å²) in [5, 5.41) is 8.00. The van der Waals surface area contributed by atoms with Crippen molar-refractivity contribution in [3.05, 3.63) is 29.8 Å².